The molecule has 0 spiro atoms. The Labute approximate surface area is 118 Å². The van der Waals surface area contributed by atoms with Crippen LogP contribution in [0.2, 0.25) is 10.0 Å². The molecule has 1 heterocycles. The SMILES string of the molecule is COC[C@H]1[C@@H]2CCNC[C@]21c1ccc(Cl)c(Cl)c1. The topological polar surface area (TPSA) is 21.3 Å². The number of piperidine rings is 1. The maximum atomic E-state index is 6.15. The highest BCUT2D eigenvalue weighted by molar-refractivity contribution is 6.42. The average Bonchev–Trinajstić information content (AvgIpc) is 3.03. The Bertz CT molecular complexity index is 465. The Morgan fingerprint density at radius 2 is 2.22 bits per heavy atom. The number of nitrogens with one attached hydrogen (secondary N) is 1. The summed E-state index contributed by atoms with van der Waals surface area (Å²) in [5.41, 5.74) is 1.51. The van der Waals surface area contributed by atoms with Crippen molar-refractivity contribution < 1.29 is 4.74 Å². The van der Waals surface area contributed by atoms with E-state index >= 15 is 0 Å². The Morgan fingerprint density at radius 1 is 1.39 bits per heavy atom. The minimum absolute atomic E-state index is 0.211. The largest absolute Gasteiger partial charge is 0.384 e. The number of benzene rings is 1. The Kier molecular flexibility index (Phi) is 3.31. The summed E-state index contributed by atoms with van der Waals surface area (Å²) in [5, 5.41) is 4.78. The summed E-state index contributed by atoms with van der Waals surface area (Å²) in [6.07, 6.45) is 1.22. The normalized spacial score (nSPS) is 34.2. The van der Waals surface area contributed by atoms with Gasteiger partial charge in [0.1, 0.15) is 0 Å². The lowest BCUT2D eigenvalue weighted by Gasteiger charge is -2.24. The van der Waals surface area contributed by atoms with E-state index in [0.717, 1.165) is 25.6 Å². The van der Waals surface area contributed by atoms with Crippen molar-refractivity contribution in [2.75, 3.05) is 26.8 Å². The number of fused-ring (bicyclic) bond motifs is 1. The molecule has 4 heteroatoms. The molecule has 0 amide bonds. The van der Waals surface area contributed by atoms with Gasteiger partial charge in [-0.1, -0.05) is 29.3 Å². The molecule has 1 aliphatic heterocycles. The van der Waals surface area contributed by atoms with Crippen LogP contribution in [0.4, 0.5) is 0 Å². The molecule has 0 radical (unpaired) electrons. The molecular formula is C14H17Cl2NO. The van der Waals surface area contributed by atoms with Crippen LogP contribution in [-0.4, -0.2) is 26.8 Å². The summed E-state index contributed by atoms with van der Waals surface area (Å²) in [7, 11) is 1.78. The van der Waals surface area contributed by atoms with E-state index in [1.807, 2.05) is 12.1 Å². The first-order valence-electron chi connectivity index (χ1n) is 6.35. The van der Waals surface area contributed by atoms with E-state index in [2.05, 4.69) is 11.4 Å². The number of halogens is 2. The molecule has 0 bridgehead atoms. The maximum absolute atomic E-state index is 6.15. The van der Waals surface area contributed by atoms with Crippen molar-refractivity contribution in [2.24, 2.45) is 11.8 Å². The molecule has 2 nitrogen and oxygen atoms in total. The number of ether oxygens (including phenoxy) is 1. The molecule has 2 aliphatic rings. The molecule has 1 aromatic rings. The van der Waals surface area contributed by atoms with Crippen LogP contribution in [0.5, 0.6) is 0 Å². The number of hydrogen-bond acceptors (Lipinski definition) is 2. The molecule has 1 aromatic carbocycles. The molecule has 3 rings (SSSR count). The van der Waals surface area contributed by atoms with Crippen LogP contribution in [-0.2, 0) is 10.2 Å². The molecule has 2 fully saturated rings. The second-order valence-electron chi connectivity index (χ2n) is 5.30. The minimum Gasteiger partial charge on any atom is -0.384 e. The quantitative estimate of drug-likeness (QED) is 0.921. The first-order valence-corrected chi connectivity index (χ1v) is 7.11. The zero-order chi connectivity index (χ0) is 12.8. The third-order valence-corrected chi connectivity index (χ3v) is 5.29. The zero-order valence-electron chi connectivity index (χ0n) is 10.4. The maximum Gasteiger partial charge on any atom is 0.0595 e. The van der Waals surface area contributed by atoms with Gasteiger partial charge in [0.15, 0.2) is 0 Å². The Hall–Kier alpha value is -0.280. The van der Waals surface area contributed by atoms with Crippen LogP contribution >= 0.6 is 23.2 Å². The molecule has 1 aliphatic carbocycles. The first kappa shape index (κ1) is 12.7. The van der Waals surface area contributed by atoms with Gasteiger partial charge in [-0.25, -0.2) is 0 Å². The Balaban J connectivity index is 1.95. The Morgan fingerprint density at radius 3 is 2.94 bits per heavy atom. The van der Waals surface area contributed by atoms with E-state index in [1.54, 1.807) is 7.11 Å². The van der Waals surface area contributed by atoms with Crippen LogP contribution < -0.4 is 5.32 Å². The van der Waals surface area contributed by atoms with Crippen molar-refractivity contribution in [3.05, 3.63) is 33.8 Å². The van der Waals surface area contributed by atoms with Crippen LogP contribution in [0.15, 0.2) is 18.2 Å². The average molecular weight is 286 g/mol. The molecular weight excluding hydrogens is 269 g/mol. The van der Waals surface area contributed by atoms with E-state index in [1.165, 1.54) is 12.0 Å². The van der Waals surface area contributed by atoms with E-state index in [0.29, 0.717) is 16.0 Å². The fourth-order valence-corrected chi connectivity index (χ4v) is 3.94. The van der Waals surface area contributed by atoms with Gasteiger partial charge in [-0.3, -0.25) is 0 Å². The summed E-state index contributed by atoms with van der Waals surface area (Å²) < 4.78 is 5.37. The lowest BCUT2D eigenvalue weighted by molar-refractivity contribution is 0.176. The molecule has 0 aromatic heterocycles. The lowest BCUT2D eigenvalue weighted by atomic mass is 9.89. The second kappa shape index (κ2) is 4.68. The first-order chi connectivity index (χ1) is 8.70. The molecule has 1 saturated carbocycles. The number of hydrogen-bond donors (Lipinski definition) is 1. The van der Waals surface area contributed by atoms with Gasteiger partial charge >= 0.3 is 0 Å². The van der Waals surface area contributed by atoms with Crippen LogP contribution in [0.1, 0.15) is 12.0 Å². The summed E-state index contributed by atoms with van der Waals surface area (Å²) in [5.74, 6) is 1.32. The van der Waals surface area contributed by atoms with Crippen LogP contribution in [0.3, 0.4) is 0 Å². The van der Waals surface area contributed by atoms with Crippen molar-refractivity contribution in [1.82, 2.24) is 5.32 Å². The third-order valence-electron chi connectivity index (χ3n) is 4.55. The van der Waals surface area contributed by atoms with Gasteiger partial charge in [-0.2, -0.15) is 0 Å². The second-order valence-corrected chi connectivity index (χ2v) is 6.12. The smallest absolute Gasteiger partial charge is 0.0595 e. The van der Waals surface area contributed by atoms with Gasteiger partial charge < -0.3 is 10.1 Å². The fraction of sp³-hybridized carbons (Fsp3) is 0.571. The highest BCUT2D eigenvalue weighted by atomic mass is 35.5. The van der Waals surface area contributed by atoms with Crippen LogP contribution in [0.25, 0.3) is 0 Å². The van der Waals surface area contributed by atoms with Crippen molar-refractivity contribution in [2.45, 2.75) is 11.8 Å². The molecule has 0 unspecified atom stereocenters. The highest BCUT2D eigenvalue weighted by Crippen LogP contribution is 2.62. The van der Waals surface area contributed by atoms with Crippen molar-refractivity contribution in [3.63, 3.8) is 0 Å². The highest BCUT2D eigenvalue weighted by Gasteiger charge is 2.65. The molecule has 1 N–H and O–H groups in total. The van der Waals surface area contributed by atoms with Crippen molar-refractivity contribution in [3.8, 4) is 0 Å². The molecule has 3 atom stereocenters. The zero-order valence-corrected chi connectivity index (χ0v) is 11.9. The molecule has 98 valence electrons. The standard InChI is InChI=1S/C14H17Cl2NO/c1-18-7-11-10-4-5-17-8-14(10,11)9-2-3-12(15)13(16)6-9/h2-3,6,10-11,17H,4-5,7-8H2,1H3/t10-,11-,14-/m0/s1. The summed E-state index contributed by atoms with van der Waals surface area (Å²) >= 11 is 12.2. The predicted octanol–water partition coefficient (Wildman–Crippen LogP) is 3.12. The molecule has 18 heavy (non-hydrogen) atoms. The summed E-state index contributed by atoms with van der Waals surface area (Å²) in [6, 6.07) is 6.05. The lowest BCUT2D eigenvalue weighted by Crippen LogP contribution is -2.35. The van der Waals surface area contributed by atoms with Crippen molar-refractivity contribution in [1.29, 1.82) is 0 Å². The van der Waals surface area contributed by atoms with Gasteiger partial charge in [0.05, 0.1) is 16.7 Å². The summed E-state index contributed by atoms with van der Waals surface area (Å²) in [6.45, 7) is 2.95. The van der Waals surface area contributed by atoms with E-state index < -0.39 is 0 Å². The van der Waals surface area contributed by atoms with Crippen molar-refractivity contribution >= 4 is 23.2 Å². The van der Waals surface area contributed by atoms with Crippen LogP contribution in [0, 0.1) is 11.8 Å². The molecule has 1 saturated heterocycles. The van der Waals surface area contributed by atoms with Gasteiger partial charge in [-0.05, 0) is 42.5 Å². The number of methoxy groups -OCH3 is 1. The monoisotopic (exact) mass is 285 g/mol. The van der Waals surface area contributed by atoms with Gasteiger partial charge in [-0.15, -0.1) is 0 Å². The third kappa shape index (κ3) is 1.78. The minimum atomic E-state index is 0.211. The van der Waals surface area contributed by atoms with Gasteiger partial charge in [0.2, 0.25) is 0 Å². The predicted molar refractivity (Wildman–Crippen MR) is 74.5 cm³/mol. The fourth-order valence-electron chi connectivity index (χ4n) is 3.64. The van der Waals surface area contributed by atoms with E-state index in [9.17, 15) is 0 Å². The summed E-state index contributed by atoms with van der Waals surface area (Å²) in [4.78, 5) is 0. The van der Waals surface area contributed by atoms with E-state index in [4.69, 9.17) is 27.9 Å². The van der Waals surface area contributed by atoms with E-state index in [-0.39, 0.29) is 5.41 Å². The number of rotatable bonds is 3. The van der Waals surface area contributed by atoms with Gasteiger partial charge in [0, 0.05) is 19.1 Å². The van der Waals surface area contributed by atoms with Gasteiger partial charge in [0.25, 0.3) is 0 Å².